The van der Waals surface area contributed by atoms with E-state index in [-0.39, 0.29) is 24.3 Å². The number of amides is 2. The first-order valence-electron chi connectivity index (χ1n) is 10.4. The van der Waals surface area contributed by atoms with E-state index in [4.69, 9.17) is 10.2 Å². The van der Waals surface area contributed by atoms with Gasteiger partial charge in [-0.3, -0.25) is 9.59 Å². The van der Waals surface area contributed by atoms with Gasteiger partial charge in [-0.15, -0.1) is 11.3 Å². The lowest BCUT2D eigenvalue weighted by Crippen LogP contribution is -2.47. The molecule has 0 aliphatic carbocycles. The van der Waals surface area contributed by atoms with E-state index in [1.807, 2.05) is 37.4 Å². The summed E-state index contributed by atoms with van der Waals surface area (Å²) >= 11 is 1.63. The summed E-state index contributed by atoms with van der Waals surface area (Å²) in [6, 6.07) is 8.44. The van der Waals surface area contributed by atoms with Crippen molar-refractivity contribution in [3.8, 4) is 17.3 Å². The van der Waals surface area contributed by atoms with Crippen LogP contribution in [-0.4, -0.2) is 55.6 Å². The average molecular weight is 441 g/mol. The molecule has 1 aromatic carbocycles. The molecule has 2 heterocycles. The maximum absolute atomic E-state index is 12.7. The van der Waals surface area contributed by atoms with E-state index in [9.17, 15) is 9.59 Å². The van der Waals surface area contributed by atoms with Crippen molar-refractivity contribution in [3.05, 3.63) is 35.2 Å². The average Bonchev–Trinajstić information content (AvgIpc) is 3.27. The van der Waals surface area contributed by atoms with Gasteiger partial charge < -0.3 is 20.9 Å². The molecule has 0 saturated carbocycles. The van der Waals surface area contributed by atoms with Crippen molar-refractivity contribution in [1.82, 2.24) is 20.9 Å². The number of nitrogens with one attached hydrogen (secondary N) is 3. The molecule has 1 saturated heterocycles. The molecule has 3 N–H and O–H groups in total. The molecular formula is C22H28N6O2S. The zero-order valence-corrected chi connectivity index (χ0v) is 18.7. The number of aromatic nitrogens is 1. The predicted octanol–water partition coefficient (Wildman–Crippen LogP) is 2.00. The lowest BCUT2D eigenvalue weighted by Gasteiger charge is -2.26. The molecule has 3 rings (SSSR count). The van der Waals surface area contributed by atoms with Gasteiger partial charge in [0, 0.05) is 42.7 Å². The quantitative estimate of drug-likeness (QED) is 0.542. The Morgan fingerprint density at radius 3 is 2.61 bits per heavy atom. The summed E-state index contributed by atoms with van der Waals surface area (Å²) < 4.78 is 0. The van der Waals surface area contributed by atoms with E-state index in [0.29, 0.717) is 12.0 Å². The molecule has 31 heavy (non-hydrogen) atoms. The second kappa shape index (κ2) is 10.9. The Hall–Kier alpha value is -2.96. The van der Waals surface area contributed by atoms with E-state index in [2.05, 4.69) is 20.9 Å². The summed E-state index contributed by atoms with van der Waals surface area (Å²) in [5, 5.41) is 20.4. The first-order valence-corrected chi connectivity index (χ1v) is 11.3. The highest BCUT2D eigenvalue weighted by Crippen LogP contribution is 2.27. The van der Waals surface area contributed by atoms with Crippen molar-refractivity contribution in [2.45, 2.75) is 26.3 Å². The molecule has 164 valence electrons. The van der Waals surface area contributed by atoms with E-state index in [0.717, 1.165) is 42.6 Å². The number of nitriles is 1. The molecule has 1 atom stereocenters. The number of nitrogens with zero attached hydrogens (tertiary/aromatic N) is 3. The van der Waals surface area contributed by atoms with Crippen molar-refractivity contribution in [3.63, 3.8) is 0 Å². The molecular weight excluding hydrogens is 412 g/mol. The maximum Gasteiger partial charge on any atom is 0.251 e. The molecule has 1 aromatic heterocycles. The number of hydrogen-bond acceptors (Lipinski definition) is 7. The Morgan fingerprint density at radius 2 is 1.97 bits per heavy atom. The summed E-state index contributed by atoms with van der Waals surface area (Å²) in [5.74, 6) is -0.442. The van der Waals surface area contributed by atoms with E-state index in [1.54, 1.807) is 23.5 Å². The number of piperazine rings is 1. The molecule has 0 radical (unpaired) electrons. The van der Waals surface area contributed by atoms with E-state index < -0.39 is 6.04 Å². The number of benzene rings is 1. The molecule has 1 fully saturated rings. The van der Waals surface area contributed by atoms with Crippen LogP contribution in [0.15, 0.2) is 29.6 Å². The monoisotopic (exact) mass is 440 g/mol. The van der Waals surface area contributed by atoms with Gasteiger partial charge in [0.25, 0.3) is 5.91 Å². The van der Waals surface area contributed by atoms with Gasteiger partial charge in [0.2, 0.25) is 5.91 Å². The molecule has 9 heteroatoms. The smallest absolute Gasteiger partial charge is 0.251 e. The third-order valence-corrected chi connectivity index (χ3v) is 5.89. The van der Waals surface area contributed by atoms with Crippen molar-refractivity contribution >= 4 is 28.3 Å². The van der Waals surface area contributed by atoms with Crippen LogP contribution in [0.5, 0.6) is 0 Å². The van der Waals surface area contributed by atoms with Crippen LogP contribution in [0.25, 0.3) is 11.3 Å². The standard InChI is InChI=1S/C22H28N6O2S/c1-15(2)13-18(21(30)25-8-7-23)26-20(29)17-5-3-16(4-6-17)19-14-31-22(27-19)28-11-9-24-10-12-28/h3-6,14-15,18,24H,8-13H2,1-2H3,(H,25,30)(H,26,29)/t18-/m0/s1. The topological polar surface area (TPSA) is 110 Å². The van der Waals surface area contributed by atoms with Gasteiger partial charge in [0.1, 0.15) is 12.6 Å². The third-order valence-electron chi connectivity index (χ3n) is 4.99. The fourth-order valence-electron chi connectivity index (χ4n) is 3.38. The number of carbonyl (C=O) groups is 2. The highest BCUT2D eigenvalue weighted by Gasteiger charge is 2.22. The molecule has 2 amide bonds. The van der Waals surface area contributed by atoms with Crippen LogP contribution in [0, 0.1) is 17.2 Å². The molecule has 0 spiro atoms. The second-order valence-electron chi connectivity index (χ2n) is 7.86. The molecule has 1 aliphatic rings. The van der Waals surface area contributed by atoms with Gasteiger partial charge in [-0.25, -0.2) is 4.98 Å². The van der Waals surface area contributed by atoms with Gasteiger partial charge >= 0.3 is 0 Å². The van der Waals surface area contributed by atoms with E-state index >= 15 is 0 Å². The van der Waals surface area contributed by atoms with Crippen LogP contribution in [0.2, 0.25) is 0 Å². The Morgan fingerprint density at radius 1 is 1.26 bits per heavy atom. The first-order chi connectivity index (χ1) is 15.0. The van der Waals surface area contributed by atoms with Gasteiger partial charge in [-0.1, -0.05) is 26.0 Å². The first kappa shape index (κ1) is 22.7. The largest absolute Gasteiger partial charge is 0.346 e. The Balaban J connectivity index is 1.65. The number of carbonyl (C=O) groups excluding carboxylic acids is 2. The predicted molar refractivity (Wildman–Crippen MR) is 122 cm³/mol. The van der Waals surface area contributed by atoms with Crippen LogP contribution in [0.4, 0.5) is 5.13 Å². The van der Waals surface area contributed by atoms with Crippen molar-refractivity contribution in [2.24, 2.45) is 5.92 Å². The van der Waals surface area contributed by atoms with Crippen molar-refractivity contribution in [2.75, 3.05) is 37.6 Å². The van der Waals surface area contributed by atoms with Gasteiger partial charge in [-0.2, -0.15) is 5.26 Å². The lowest BCUT2D eigenvalue weighted by molar-refractivity contribution is -0.123. The minimum atomic E-state index is -0.680. The van der Waals surface area contributed by atoms with Gasteiger partial charge in [0.05, 0.1) is 11.8 Å². The molecule has 0 unspecified atom stereocenters. The zero-order valence-electron chi connectivity index (χ0n) is 17.9. The maximum atomic E-state index is 12.7. The number of anilines is 1. The summed E-state index contributed by atoms with van der Waals surface area (Å²) in [6.07, 6.45) is 0.495. The number of rotatable bonds is 8. The molecule has 2 aromatic rings. The summed E-state index contributed by atoms with van der Waals surface area (Å²) in [5.41, 5.74) is 2.31. The highest BCUT2D eigenvalue weighted by molar-refractivity contribution is 7.14. The number of thiazole rings is 1. The van der Waals surface area contributed by atoms with Crippen molar-refractivity contribution in [1.29, 1.82) is 5.26 Å². The summed E-state index contributed by atoms with van der Waals surface area (Å²) in [7, 11) is 0. The molecule has 0 bridgehead atoms. The summed E-state index contributed by atoms with van der Waals surface area (Å²) in [6.45, 7) is 7.71. The fraction of sp³-hybridized carbons (Fsp3) is 0.455. The van der Waals surface area contributed by atoms with Gasteiger partial charge in [0.15, 0.2) is 5.13 Å². The Bertz CT molecular complexity index is 928. The highest BCUT2D eigenvalue weighted by atomic mass is 32.1. The van der Waals surface area contributed by atoms with Crippen LogP contribution in [-0.2, 0) is 4.79 Å². The zero-order chi connectivity index (χ0) is 22.2. The van der Waals surface area contributed by atoms with Crippen molar-refractivity contribution < 1.29 is 9.59 Å². The normalized spacial score (nSPS) is 14.7. The SMILES string of the molecule is CC(C)C[C@H](NC(=O)c1ccc(-c2csc(N3CCNCC3)n2)cc1)C(=O)NCC#N. The molecule has 8 nitrogen and oxygen atoms in total. The lowest BCUT2D eigenvalue weighted by atomic mass is 10.0. The number of hydrogen-bond donors (Lipinski definition) is 3. The van der Waals surface area contributed by atoms with E-state index in [1.165, 1.54) is 0 Å². The fourth-order valence-corrected chi connectivity index (χ4v) is 4.27. The second-order valence-corrected chi connectivity index (χ2v) is 8.70. The Kier molecular flexibility index (Phi) is 7.98. The van der Waals surface area contributed by atoms with Crippen LogP contribution >= 0.6 is 11.3 Å². The third kappa shape index (κ3) is 6.26. The summed E-state index contributed by atoms with van der Waals surface area (Å²) in [4.78, 5) is 32.0. The minimum absolute atomic E-state index is 0.0818. The molecule has 1 aliphatic heterocycles. The van der Waals surface area contributed by atoms with Crippen LogP contribution < -0.4 is 20.9 Å². The van der Waals surface area contributed by atoms with Gasteiger partial charge in [-0.05, 0) is 24.5 Å². The minimum Gasteiger partial charge on any atom is -0.346 e. The van der Waals surface area contributed by atoms with Crippen LogP contribution in [0.1, 0.15) is 30.6 Å². The van der Waals surface area contributed by atoms with Crippen LogP contribution in [0.3, 0.4) is 0 Å². The Labute approximate surface area is 186 Å².